The van der Waals surface area contributed by atoms with Crippen LogP contribution in [0.4, 0.5) is 9.18 Å². The van der Waals surface area contributed by atoms with E-state index in [1.807, 2.05) is 0 Å². The Morgan fingerprint density at radius 1 is 1.36 bits per heavy atom. The van der Waals surface area contributed by atoms with Crippen molar-refractivity contribution in [1.82, 2.24) is 15.5 Å². The molecule has 0 bridgehead atoms. The Labute approximate surface area is 137 Å². The van der Waals surface area contributed by atoms with Crippen LogP contribution >= 0.6 is 23.2 Å². The lowest BCUT2D eigenvalue weighted by molar-refractivity contribution is -0.129. The SMILES string of the molecule is C[C@H](N[C@@H](C)c1cc(F)c(Cl)cc1Cl)C(=O)N1CCNC1=O. The minimum atomic E-state index is -0.617. The van der Waals surface area contributed by atoms with Gasteiger partial charge >= 0.3 is 6.03 Å². The second-order valence-corrected chi connectivity index (χ2v) is 5.93. The van der Waals surface area contributed by atoms with E-state index < -0.39 is 17.9 Å². The predicted octanol–water partition coefficient (Wildman–Crippen LogP) is 2.72. The number of urea groups is 1. The molecule has 0 spiro atoms. The van der Waals surface area contributed by atoms with Crippen LogP contribution in [0.3, 0.4) is 0 Å². The molecule has 1 saturated heterocycles. The summed E-state index contributed by atoms with van der Waals surface area (Å²) < 4.78 is 13.6. The van der Waals surface area contributed by atoms with Crippen LogP contribution in [0, 0.1) is 5.82 Å². The second-order valence-electron chi connectivity index (χ2n) is 5.12. The van der Waals surface area contributed by atoms with Gasteiger partial charge in [-0.05, 0) is 31.5 Å². The van der Waals surface area contributed by atoms with Crippen molar-refractivity contribution in [3.63, 3.8) is 0 Å². The molecule has 22 heavy (non-hydrogen) atoms. The van der Waals surface area contributed by atoms with E-state index >= 15 is 0 Å². The van der Waals surface area contributed by atoms with E-state index in [-0.39, 0.29) is 17.0 Å². The zero-order chi connectivity index (χ0) is 16.4. The van der Waals surface area contributed by atoms with Crippen molar-refractivity contribution in [2.75, 3.05) is 13.1 Å². The van der Waals surface area contributed by atoms with Crippen molar-refractivity contribution in [1.29, 1.82) is 0 Å². The molecule has 0 saturated carbocycles. The van der Waals surface area contributed by atoms with E-state index in [9.17, 15) is 14.0 Å². The van der Waals surface area contributed by atoms with Crippen LogP contribution in [-0.4, -0.2) is 36.0 Å². The predicted molar refractivity (Wildman–Crippen MR) is 82.5 cm³/mol. The quantitative estimate of drug-likeness (QED) is 0.823. The van der Waals surface area contributed by atoms with Gasteiger partial charge in [0, 0.05) is 24.2 Å². The van der Waals surface area contributed by atoms with Crippen molar-refractivity contribution in [3.8, 4) is 0 Å². The smallest absolute Gasteiger partial charge is 0.324 e. The molecule has 5 nitrogen and oxygen atoms in total. The fourth-order valence-electron chi connectivity index (χ4n) is 2.32. The van der Waals surface area contributed by atoms with E-state index in [0.717, 1.165) is 4.90 Å². The van der Waals surface area contributed by atoms with Crippen molar-refractivity contribution < 1.29 is 14.0 Å². The van der Waals surface area contributed by atoms with Gasteiger partial charge in [0.1, 0.15) is 5.82 Å². The highest BCUT2D eigenvalue weighted by atomic mass is 35.5. The molecule has 0 unspecified atom stereocenters. The lowest BCUT2D eigenvalue weighted by Gasteiger charge is -2.23. The number of imide groups is 1. The maximum Gasteiger partial charge on any atom is 0.324 e. The summed E-state index contributed by atoms with van der Waals surface area (Å²) in [6, 6.07) is 1.16. The van der Waals surface area contributed by atoms with Crippen molar-refractivity contribution in [2.45, 2.75) is 25.9 Å². The van der Waals surface area contributed by atoms with Gasteiger partial charge < -0.3 is 5.32 Å². The monoisotopic (exact) mass is 347 g/mol. The number of hydrogen-bond acceptors (Lipinski definition) is 3. The van der Waals surface area contributed by atoms with Crippen LogP contribution in [0.2, 0.25) is 10.0 Å². The van der Waals surface area contributed by atoms with Crippen LogP contribution < -0.4 is 10.6 Å². The molecule has 8 heteroatoms. The Morgan fingerprint density at radius 2 is 2.05 bits per heavy atom. The Hall–Kier alpha value is -1.37. The van der Waals surface area contributed by atoms with Gasteiger partial charge in [-0.1, -0.05) is 23.2 Å². The Kier molecular flexibility index (Phi) is 5.26. The third kappa shape index (κ3) is 3.51. The molecule has 1 heterocycles. The zero-order valence-corrected chi connectivity index (χ0v) is 13.6. The standard InChI is InChI=1S/C14H16Cl2FN3O2/c1-7(9-5-12(17)11(16)6-10(9)15)19-8(2)13(21)20-4-3-18-14(20)22/h5-8,19H,3-4H2,1-2H3,(H,18,22)/t7-,8-/m0/s1. The van der Waals surface area contributed by atoms with E-state index in [1.165, 1.54) is 12.1 Å². The van der Waals surface area contributed by atoms with Gasteiger partial charge in [0.05, 0.1) is 11.1 Å². The molecule has 1 fully saturated rings. The average Bonchev–Trinajstić information content (AvgIpc) is 2.87. The molecule has 0 radical (unpaired) electrons. The van der Waals surface area contributed by atoms with Gasteiger partial charge in [-0.15, -0.1) is 0 Å². The summed E-state index contributed by atoms with van der Waals surface area (Å²) in [5.74, 6) is -0.917. The molecular formula is C14H16Cl2FN3O2. The van der Waals surface area contributed by atoms with Crippen molar-refractivity contribution in [2.24, 2.45) is 0 Å². The maximum atomic E-state index is 13.6. The highest BCUT2D eigenvalue weighted by Gasteiger charge is 2.30. The summed E-state index contributed by atoms with van der Waals surface area (Å²) in [5.41, 5.74) is 0.495. The molecule has 1 aliphatic rings. The Balaban J connectivity index is 2.08. The average molecular weight is 348 g/mol. The molecule has 2 rings (SSSR count). The van der Waals surface area contributed by atoms with Crippen LogP contribution in [0.5, 0.6) is 0 Å². The molecule has 2 N–H and O–H groups in total. The number of halogens is 3. The van der Waals surface area contributed by atoms with Gasteiger partial charge in [0.25, 0.3) is 0 Å². The van der Waals surface area contributed by atoms with Crippen molar-refractivity contribution >= 4 is 35.1 Å². The third-order valence-electron chi connectivity index (χ3n) is 3.50. The number of benzene rings is 1. The molecule has 0 aromatic heterocycles. The van der Waals surface area contributed by atoms with E-state index in [1.54, 1.807) is 13.8 Å². The first-order valence-corrected chi connectivity index (χ1v) is 7.56. The number of hydrogen-bond donors (Lipinski definition) is 2. The lowest BCUT2D eigenvalue weighted by Crippen LogP contribution is -2.46. The number of rotatable bonds is 4. The minimum Gasteiger partial charge on any atom is -0.336 e. The Morgan fingerprint density at radius 3 is 2.64 bits per heavy atom. The summed E-state index contributed by atoms with van der Waals surface area (Å²) in [6.45, 7) is 4.18. The van der Waals surface area contributed by atoms with Crippen LogP contribution in [0.1, 0.15) is 25.5 Å². The van der Waals surface area contributed by atoms with Gasteiger partial charge in [0.15, 0.2) is 0 Å². The zero-order valence-electron chi connectivity index (χ0n) is 12.1. The van der Waals surface area contributed by atoms with Gasteiger partial charge in [-0.3, -0.25) is 15.0 Å². The van der Waals surface area contributed by atoms with Crippen LogP contribution in [0.25, 0.3) is 0 Å². The second kappa shape index (κ2) is 6.81. The first kappa shape index (κ1) is 17.0. The van der Waals surface area contributed by atoms with Gasteiger partial charge in [-0.25, -0.2) is 9.18 Å². The number of nitrogens with one attached hydrogen (secondary N) is 2. The van der Waals surface area contributed by atoms with E-state index in [0.29, 0.717) is 23.7 Å². The molecule has 0 aliphatic carbocycles. The van der Waals surface area contributed by atoms with Crippen molar-refractivity contribution in [3.05, 3.63) is 33.6 Å². The van der Waals surface area contributed by atoms with Crippen LogP contribution in [-0.2, 0) is 4.79 Å². The fraction of sp³-hybridized carbons (Fsp3) is 0.429. The summed E-state index contributed by atoms with van der Waals surface area (Å²) in [5, 5.41) is 5.84. The van der Waals surface area contributed by atoms with Crippen LogP contribution in [0.15, 0.2) is 12.1 Å². The normalized spacial score (nSPS) is 17.3. The number of carbonyl (C=O) groups is 2. The highest BCUT2D eigenvalue weighted by molar-refractivity contribution is 6.35. The first-order chi connectivity index (χ1) is 10.3. The topological polar surface area (TPSA) is 61.4 Å². The summed E-state index contributed by atoms with van der Waals surface area (Å²) >= 11 is 11.7. The van der Waals surface area contributed by atoms with E-state index in [2.05, 4.69) is 10.6 Å². The highest BCUT2D eigenvalue weighted by Crippen LogP contribution is 2.28. The lowest BCUT2D eigenvalue weighted by atomic mass is 10.1. The van der Waals surface area contributed by atoms with Gasteiger partial charge in [0.2, 0.25) is 5.91 Å². The molecule has 120 valence electrons. The number of nitrogens with zero attached hydrogens (tertiary/aromatic N) is 1. The largest absolute Gasteiger partial charge is 0.336 e. The summed E-state index contributed by atoms with van der Waals surface area (Å²) in [6.07, 6.45) is 0. The third-order valence-corrected chi connectivity index (χ3v) is 4.12. The molecule has 3 amide bonds. The first-order valence-electron chi connectivity index (χ1n) is 6.81. The molecular weight excluding hydrogens is 332 g/mol. The summed E-state index contributed by atoms with van der Waals surface area (Å²) in [4.78, 5) is 24.8. The van der Waals surface area contributed by atoms with Gasteiger partial charge in [-0.2, -0.15) is 0 Å². The fourth-order valence-corrected chi connectivity index (χ4v) is 2.87. The molecule has 1 aromatic rings. The summed E-state index contributed by atoms with van der Waals surface area (Å²) in [7, 11) is 0. The maximum absolute atomic E-state index is 13.6. The molecule has 2 atom stereocenters. The molecule has 1 aromatic carbocycles. The Bertz CT molecular complexity index is 612. The molecule has 1 aliphatic heterocycles. The number of amides is 3. The van der Waals surface area contributed by atoms with E-state index in [4.69, 9.17) is 23.2 Å². The number of carbonyl (C=O) groups excluding carboxylic acids is 2. The minimum absolute atomic E-state index is 0.0567.